The monoisotopic (exact) mass is 316 g/mol. The molecule has 0 aliphatic heterocycles. The molecule has 5 heteroatoms. The minimum Gasteiger partial charge on any atom is -0.306 e. The molecule has 1 N–H and O–H groups in total. The molecule has 4 aromatic rings. The molecule has 0 aliphatic rings. The lowest BCUT2D eigenvalue weighted by Crippen LogP contribution is -2.10. The Morgan fingerprint density at radius 2 is 1.79 bits per heavy atom. The summed E-state index contributed by atoms with van der Waals surface area (Å²) >= 11 is 0. The van der Waals surface area contributed by atoms with Gasteiger partial charge in [0, 0.05) is 5.56 Å². The van der Waals surface area contributed by atoms with E-state index >= 15 is 0 Å². The molecule has 2 aromatic heterocycles. The lowest BCUT2D eigenvalue weighted by molar-refractivity contribution is 0.895. The number of hydrogen-bond donors (Lipinski definition) is 1. The summed E-state index contributed by atoms with van der Waals surface area (Å²) in [7, 11) is 0. The largest absolute Gasteiger partial charge is 0.306 e. The van der Waals surface area contributed by atoms with E-state index in [9.17, 15) is 4.79 Å². The maximum atomic E-state index is 12.4. The molecule has 0 amide bonds. The van der Waals surface area contributed by atoms with Crippen LogP contribution in [0.3, 0.4) is 0 Å². The molecule has 2 heterocycles. The topological polar surface area (TPSA) is 63.6 Å². The number of hydrogen-bond acceptors (Lipinski definition) is 3. The molecule has 2 aromatic carbocycles. The molecule has 0 spiro atoms. The van der Waals surface area contributed by atoms with Gasteiger partial charge < -0.3 is 4.98 Å². The summed E-state index contributed by atoms with van der Waals surface area (Å²) < 4.78 is 1.69. The molecule has 0 bridgehead atoms. The van der Waals surface area contributed by atoms with Gasteiger partial charge in [-0.3, -0.25) is 4.79 Å². The van der Waals surface area contributed by atoms with Crippen LogP contribution in [-0.2, 0) is 6.42 Å². The van der Waals surface area contributed by atoms with Gasteiger partial charge in [0.2, 0.25) is 0 Å². The van der Waals surface area contributed by atoms with Crippen molar-refractivity contribution in [2.45, 2.75) is 13.3 Å². The van der Waals surface area contributed by atoms with Gasteiger partial charge in [-0.1, -0.05) is 49.4 Å². The van der Waals surface area contributed by atoms with E-state index in [1.165, 1.54) is 5.56 Å². The quantitative estimate of drug-likeness (QED) is 0.630. The van der Waals surface area contributed by atoms with Gasteiger partial charge in [0.1, 0.15) is 11.2 Å². The van der Waals surface area contributed by atoms with Crippen molar-refractivity contribution in [2.24, 2.45) is 0 Å². The van der Waals surface area contributed by atoms with E-state index in [0.717, 1.165) is 17.7 Å². The first kappa shape index (κ1) is 14.4. The van der Waals surface area contributed by atoms with Crippen molar-refractivity contribution in [2.75, 3.05) is 0 Å². The highest BCUT2D eigenvalue weighted by Gasteiger charge is 2.12. The molecule has 5 nitrogen and oxygen atoms in total. The Kier molecular flexibility index (Phi) is 3.46. The highest BCUT2D eigenvalue weighted by molar-refractivity contribution is 5.77. The Balaban J connectivity index is 1.90. The fourth-order valence-electron chi connectivity index (χ4n) is 2.71. The average Bonchev–Trinajstić information content (AvgIpc) is 3.07. The lowest BCUT2D eigenvalue weighted by Gasteiger charge is -2.05. The van der Waals surface area contributed by atoms with E-state index in [1.807, 2.05) is 54.6 Å². The van der Waals surface area contributed by atoms with E-state index in [0.29, 0.717) is 16.9 Å². The van der Waals surface area contributed by atoms with Crippen LogP contribution in [0.25, 0.3) is 28.1 Å². The number of aromatic amines is 1. The summed E-state index contributed by atoms with van der Waals surface area (Å²) in [5, 5.41) is 4.80. The molecule has 0 unspecified atom stereocenters. The van der Waals surface area contributed by atoms with Crippen LogP contribution in [0.5, 0.6) is 0 Å². The average molecular weight is 316 g/mol. The standard InChI is InChI=1S/C19H16N4O/c1-2-13-8-10-14(11-9-13)17-21-18-16(19(24)22-17)12-20-23(18)15-6-4-3-5-7-15/h3-12H,2H2,1H3,(H,21,22,24). The van der Waals surface area contributed by atoms with E-state index in [4.69, 9.17) is 0 Å². The normalized spacial score (nSPS) is 11.0. The first-order valence-electron chi connectivity index (χ1n) is 7.89. The molecule has 0 fully saturated rings. The third kappa shape index (κ3) is 2.40. The Labute approximate surface area is 138 Å². The molecule has 118 valence electrons. The number of aromatic nitrogens is 4. The number of nitrogens with zero attached hydrogens (tertiary/aromatic N) is 3. The zero-order valence-electron chi connectivity index (χ0n) is 13.2. The fraction of sp³-hybridized carbons (Fsp3) is 0.105. The minimum absolute atomic E-state index is 0.184. The molecule has 24 heavy (non-hydrogen) atoms. The molecular weight excluding hydrogens is 300 g/mol. The van der Waals surface area contributed by atoms with Crippen LogP contribution in [-0.4, -0.2) is 19.7 Å². The summed E-state index contributed by atoms with van der Waals surface area (Å²) in [4.78, 5) is 19.9. The van der Waals surface area contributed by atoms with Gasteiger partial charge in [-0.05, 0) is 24.1 Å². The summed E-state index contributed by atoms with van der Waals surface area (Å²) in [5.41, 5.74) is 3.37. The first-order chi connectivity index (χ1) is 11.8. The van der Waals surface area contributed by atoms with Crippen molar-refractivity contribution < 1.29 is 0 Å². The number of aryl methyl sites for hydroxylation is 1. The van der Waals surface area contributed by atoms with Gasteiger partial charge in [-0.15, -0.1) is 0 Å². The maximum absolute atomic E-state index is 12.4. The Hall–Kier alpha value is -3.21. The van der Waals surface area contributed by atoms with Gasteiger partial charge in [0.25, 0.3) is 5.56 Å². The SMILES string of the molecule is CCc1ccc(-c2nc3c(cnn3-c3ccccc3)c(=O)[nH]2)cc1. The van der Waals surface area contributed by atoms with Crippen molar-refractivity contribution in [1.82, 2.24) is 19.7 Å². The predicted molar refractivity (Wildman–Crippen MR) is 94.3 cm³/mol. The Bertz CT molecular complexity index is 1050. The van der Waals surface area contributed by atoms with Gasteiger partial charge in [0.15, 0.2) is 5.65 Å². The van der Waals surface area contributed by atoms with Crippen molar-refractivity contribution in [3.05, 3.63) is 76.7 Å². The smallest absolute Gasteiger partial charge is 0.262 e. The molecule has 0 radical (unpaired) electrons. The highest BCUT2D eigenvalue weighted by atomic mass is 16.1. The lowest BCUT2D eigenvalue weighted by atomic mass is 10.1. The van der Waals surface area contributed by atoms with Crippen LogP contribution in [0.2, 0.25) is 0 Å². The number of para-hydroxylation sites is 1. The fourth-order valence-corrected chi connectivity index (χ4v) is 2.71. The molecule has 0 saturated heterocycles. The van der Waals surface area contributed by atoms with Gasteiger partial charge in [-0.25, -0.2) is 9.67 Å². The maximum Gasteiger partial charge on any atom is 0.262 e. The zero-order valence-corrected chi connectivity index (χ0v) is 13.2. The number of benzene rings is 2. The highest BCUT2D eigenvalue weighted by Crippen LogP contribution is 2.19. The van der Waals surface area contributed by atoms with Crippen LogP contribution in [0, 0.1) is 0 Å². The van der Waals surface area contributed by atoms with Gasteiger partial charge in [0.05, 0.1) is 11.9 Å². The minimum atomic E-state index is -0.184. The van der Waals surface area contributed by atoms with Crippen LogP contribution in [0.4, 0.5) is 0 Å². The van der Waals surface area contributed by atoms with E-state index in [1.54, 1.807) is 10.9 Å². The Morgan fingerprint density at radius 1 is 1.04 bits per heavy atom. The third-order valence-electron chi connectivity index (χ3n) is 4.07. The van der Waals surface area contributed by atoms with Crippen LogP contribution in [0.1, 0.15) is 12.5 Å². The second-order valence-electron chi connectivity index (χ2n) is 5.59. The van der Waals surface area contributed by atoms with Gasteiger partial charge in [-0.2, -0.15) is 5.10 Å². The molecule has 0 aliphatic carbocycles. The molecule has 0 saturated carbocycles. The second kappa shape index (κ2) is 5.77. The van der Waals surface area contributed by atoms with Crippen molar-refractivity contribution in [3.8, 4) is 17.1 Å². The van der Waals surface area contributed by atoms with Crippen molar-refractivity contribution in [1.29, 1.82) is 0 Å². The number of fused-ring (bicyclic) bond motifs is 1. The summed E-state index contributed by atoms with van der Waals surface area (Å²) in [6, 6.07) is 17.7. The van der Waals surface area contributed by atoms with Crippen molar-refractivity contribution >= 4 is 11.0 Å². The first-order valence-corrected chi connectivity index (χ1v) is 7.89. The molecule has 0 atom stereocenters. The van der Waals surface area contributed by atoms with E-state index < -0.39 is 0 Å². The van der Waals surface area contributed by atoms with E-state index in [-0.39, 0.29) is 5.56 Å². The van der Waals surface area contributed by atoms with Gasteiger partial charge >= 0.3 is 0 Å². The summed E-state index contributed by atoms with van der Waals surface area (Å²) in [6.45, 7) is 2.11. The zero-order chi connectivity index (χ0) is 16.5. The molecular formula is C19H16N4O. The third-order valence-corrected chi connectivity index (χ3v) is 4.07. The second-order valence-corrected chi connectivity index (χ2v) is 5.59. The Morgan fingerprint density at radius 3 is 2.50 bits per heavy atom. The number of H-pyrrole nitrogens is 1. The number of rotatable bonds is 3. The summed E-state index contributed by atoms with van der Waals surface area (Å²) in [6.07, 6.45) is 2.53. The van der Waals surface area contributed by atoms with Crippen LogP contribution < -0.4 is 5.56 Å². The number of nitrogens with one attached hydrogen (secondary N) is 1. The van der Waals surface area contributed by atoms with E-state index in [2.05, 4.69) is 22.0 Å². The molecule has 4 rings (SSSR count). The predicted octanol–water partition coefficient (Wildman–Crippen LogP) is 3.34. The summed E-state index contributed by atoms with van der Waals surface area (Å²) in [5.74, 6) is 0.549. The van der Waals surface area contributed by atoms with Crippen molar-refractivity contribution in [3.63, 3.8) is 0 Å². The van der Waals surface area contributed by atoms with Crippen LogP contribution in [0.15, 0.2) is 65.6 Å². The van der Waals surface area contributed by atoms with Crippen LogP contribution >= 0.6 is 0 Å².